The average Bonchev–Trinajstić information content (AvgIpc) is 2.67. The van der Waals surface area contributed by atoms with Crippen LogP contribution in [0.25, 0.3) is 11.1 Å². The molecular formula is C24H24ClN. The SMILES string of the molecule is CN(C)[C@H]1Cc2ccccc2[C@@H](c2cccc(-c3ccc(Cl)cc3)c2)C1. The monoisotopic (exact) mass is 361 g/mol. The van der Waals surface area contributed by atoms with E-state index in [2.05, 4.69) is 79.7 Å². The second kappa shape index (κ2) is 7.26. The van der Waals surface area contributed by atoms with E-state index < -0.39 is 0 Å². The first kappa shape index (κ1) is 17.3. The minimum absolute atomic E-state index is 0.444. The van der Waals surface area contributed by atoms with Crippen molar-refractivity contribution < 1.29 is 0 Å². The Balaban J connectivity index is 1.74. The van der Waals surface area contributed by atoms with Crippen LogP contribution in [0.15, 0.2) is 72.8 Å². The Morgan fingerprint density at radius 1 is 0.846 bits per heavy atom. The molecule has 4 rings (SSSR count). The molecule has 2 atom stereocenters. The van der Waals surface area contributed by atoms with E-state index in [1.807, 2.05) is 12.1 Å². The molecule has 0 saturated carbocycles. The van der Waals surface area contributed by atoms with Crippen LogP contribution in [0, 0.1) is 0 Å². The highest BCUT2D eigenvalue weighted by Gasteiger charge is 2.29. The van der Waals surface area contributed by atoms with Crippen molar-refractivity contribution in [1.29, 1.82) is 0 Å². The van der Waals surface area contributed by atoms with Gasteiger partial charge in [0.15, 0.2) is 0 Å². The zero-order valence-corrected chi connectivity index (χ0v) is 16.1. The summed E-state index contributed by atoms with van der Waals surface area (Å²) in [6, 6.07) is 26.6. The van der Waals surface area contributed by atoms with E-state index in [9.17, 15) is 0 Å². The summed E-state index contributed by atoms with van der Waals surface area (Å²) in [5.74, 6) is 0.444. The molecule has 0 fully saturated rings. The molecule has 0 bridgehead atoms. The third-order valence-electron chi connectivity index (χ3n) is 5.59. The minimum atomic E-state index is 0.444. The molecule has 0 heterocycles. The van der Waals surface area contributed by atoms with Crippen molar-refractivity contribution in [3.63, 3.8) is 0 Å². The second-order valence-corrected chi connectivity index (χ2v) is 7.88. The molecule has 0 aromatic heterocycles. The first-order valence-electron chi connectivity index (χ1n) is 9.22. The number of hydrogen-bond acceptors (Lipinski definition) is 1. The lowest BCUT2D eigenvalue weighted by Gasteiger charge is -2.35. The number of fused-ring (bicyclic) bond motifs is 1. The number of likely N-dealkylation sites (N-methyl/N-ethyl adjacent to an activating group) is 1. The lowest BCUT2D eigenvalue weighted by atomic mass is 9.76. The Labute approximate surface area is 161 Å². The second-order valence-electron chi connectivity index (χ2n) is 7.44. The van der Waals surface area contributed by atoms with Crippen LogP contribution in [0.2, 0.25) is 5.02 Å². The first-order chi connectivity index (χ1) is 12.6. The predicted octanol–water partition coefficient (Wildman–Crippen LogP) is 6.02. The molecule has 26 heavy (non-hydrogen) atoms. The van der Waals surface area contributed by atoms with E-state index in [-0.39, 0.29) is 0 Å². The molecule has 132 valence electrons. The molecular weight excluding hydrogens is 338 g/mol. The molecule has 1 aliphatic carbocycles. The van der Waals surface area contributed by atoms with Crippen molar-refractivity contribution in [2.24, 2.45) is 0 Å². The van der Waals surface area contributed by atoms with Gasteiger partial charge in [-0.15, -0.1) is 0 Å². The Morgan fingerprint density at radius 2 is 1.62 bits per heavy atom. The molecule has 0 spiro atoms. The fraction of sp³-hybridized carbons (Fsp3) is 0.250. The van der Waals surface area contributed by atoms with Gasteiger partial charge in [-0.25, -0.2) is 0 Å². The van der Waals surface area contributed by atoms with Crippen molar-refractivity contribution in [3.05, 3.63) is 94.5 Å². The van der Waals surface area contributed by atoms with Gasteiger partial charge >= 0.3 is 0 Å². The van der Waals surface area contributed by atoms with Gasteiger partial charge in [-0.05, 0) is 66.9 Å². The Hall–Kier alpha value is -2.09. The zero-order valence-electron chi connectivity index (χ0n) is 15.3. The Kier molecular flexibility index (Phi) is 4.84. The van der Waals surface area contributed by atoms with Crippen LogP contribution in [0.3, 0.4) is 0 Å². The van der Waals surface area contributed by atoms with Crippen molar-refractivity contribution in [2.75, 3.05) is 14.1 Å². The molecule has 0 aliphatic heterocycles. The van der Waals surface area contributed by atoms with E-state index in [0.29, 0.717) is 12.0 Å². The van der Waals surface area contributed by atoms with E-state index in [1.165, 1.54) is 27.8 Å². The van der Waals surface area contributed by atoms with Gasteiger partial charge in [-0.1, -0.05) is 72.3 Å². The summed E-state index contributed by atoms with van der Waals surface area (Å²) in [5, 5.41) is 0.778. The highest BCUT2D eigenvalue weighted by Crippen LogP contribution is 2.39. The van der Waals surface area contributed by atoms with Crippen LogP contribution < -0.4 is 0 Å². The van der Waals surface area contributed by atoms with Gasteiger partial charge in [0.2, 0.25) is 0 Å². The van der Waals surface area contributed by atoms with Crippen LogP contribution in [0.4, 0.5) is 0 Å². The number of benzene rings is 3. The van der Waals surface area contributed by atoms with Crippen LogP contribution >= 0.6 is 11.6 Å². The van der Waals surface area contributed by atoms with E-state index in [0.717, 1.165) is 17.9 Å². The summed E-state index contributed by atoms with van der Waals surface area (Å²) in [5.41, 5.74) is 6.84. The van der Waals surface area contributed by atoms with Crippen LogP contribution in [-0.2, 0) is 6.42 Å². The van der Waals surface area contributed by atoms with Crippen molar-refractivity contribution in [1.82, 2.24) is 4.90 Å². The third-order valence-corrected chi connectivity index (χ3v) is 5.84. The van der Waals surface area contributed by atoms with Crippen LogP contribution in [0.5, 0.6) is 0 Å². The van der Waals surface area contributed by atoms with Gasteiger partial charge in [0.25, 0.3) is 0 Å². The summed E-state index contributed by atoms with van der Waals surface area (Å²) in [6.45, 7) is 0. The summed E-state index contributed by atoms with van der Waals surface area (Å²) < 4.78 is 0. The molecule has 0 unspecified atom stereocenters. The number of halogens is 1. The standard InChI is InChI=1S/C24H24ClN/c1-26(2)22-15-20-6-3-4-9-23(20)24(16-22)19-8-5-7-18(14-19)17-10-12-21(25)13-11-17/h3-14,22,24H,15-16H2,1-2H3/t22-,24+/m0/s1. The lowest BCUT2D eigenvalue weighted by molar-refractivity contribution is 0.258. The van der Waals surface area contributed by atoms with Crippen LogP contribution in [-0.4, -0.2) is 25.0 Å². The maximum absolute atomic E-state index is 6.05. The summed E-state index contributed by atoms with van der Waals surface area (Å²) in [7, 11) is 4.39. The largest absolute Gasteiger partial charge is 0.306 e. The topological polar surface area (TPSA) is 3.24 Å². The predicted molar refractivity (Wildman–Crippen MR) is 111 cm³/mol. The van der Waals surface area contributed by atoms with Gasteiger partial charge < -0.3 is 4.90 Å². The van der Waals surface area contributed by atoms with Crippen molar-refractivity contribution >= 4 is 11.6 Å². The van der Waals surface area contributed by atoms with Crippen LogP contribution in [0.1, 0.15) is 29.0 Å². The molecule has 0 saturated heterocycles. The zero-order chi connectivity index (χ0) is 18.1. The molecule has 3 aromatic carbocycles. The average molecular weight is 362 g/mol. The first-order valence-corrected chi connectivity index (χ1v) is 9.60. The molecule has 1 nitrogen and oxygen atoms in total. The summed E-state index contributed by atoms with van der Waals surface area (Å²) >= 11 is 6.05. The van der Waals surface area contributed by atoms with Gasteiger partial charge in [-0.3, -0.25) is 0 Å². The number of rotatable bonds is 3. The van der Waals surface area contributed by atoms with Crippen molar-refractivity contribution in [3.8, 4) is 11.1 Å². The fourth-order valence-electron chi connectivity index (χ4n) is 4.08. The highest BCUT2D eigenvalue weighted by atomic mass is 35.5. The molecule has 2 heteroatoms. The molecule has 1 aliphatic rings. The molecule has 3 aromatic rings. The Bertz CT molecular complexity index is 898. The van der Waals surface area contributed by atoms with Gasteiger partial charge in [0.1, 0.15) is 0 Å². The van der Waals surface area contributed by atoms with E-state index in [1.54, 1.807) is 0 Å². The van der Waals surface area contributed by atoms with E-state index >= 15 is 0 Å². The molecule has 0 N–H and O–H groups in total. The number of hydrogen-bond donors (Lipinski definition) is 0. The maximum atomic E-state index is 6.05. The highest BCUT2D eigenvalue weighted by molar-refractivity contribution is 6.30. The third kappa shape index (κ3) is 3.42. The summed E-state index contributed by atoms with van der Waals surface area (Å²) in [4.78, 5) is 2.37. The lowest BCUT2D eigenvalue weighted by Crippen LogP contribution is -2.35. The van der Waals surface area contributed by atoms with E-state index in [4.69, 9.17) is 11.6 Å². The normalized spacial score (nSPS) is 19.4. The van der Waals surface area contributed by atoms with Gasteiger partial charge in [0, 0.05) is 17.0 Å². The minimum Gasteiger partial charge on any atom is -0.306 e. The smallest absolute Gasteiger partial charge is 0.0406 e. The van der Waals surface area contributed by atoms with Gasteiger partial charge in [0.05, 0.1) is 0 Å². The molecule has 0 amide bonds. The maximum Gasteiger partial charge on any atom is 0.0406 e. The van der Waals surface area contributed by atoms with Gasteiger partial charge in [-0.2, -0.15) is 0 Å². The van der Waals surface area contributed by atoms with Crippen molar-refractivity contribution in [2.45, 2.75) is 24.8 Å². The Morgan fingerprint density at radius 3 is 2.38 bits per heavy atom. The summed E-state index contributed by atoms with van der Waals surface area (Å²) in [6.07, 6.45) is 2.30. The number of nitrogens with zero attached hydrogens (tertiary/aromatic N) is 1. The fourth-order valence-corrected chi connectivity index (χ4v) is 4.21. The molecule has 0 radical (unpaired) electrons. The quantitative estimate of drug-likeness (QED) is 0.551.